The van der Waals surface area contributed by atoms with Crippen LogP contribution in [0.1, 0.15) is 12.8 Å². The van der Waals surface area contributed by atoms with Crippen molar-refractivity contribution in [2.45, 2.75) is 18.4 Å². The number of nitrogens with two attached hydrogens (primary N) is 1. The fourth-order valence-corrected chi connectivity index (χ4v) is 4.00. The van der Waals surface area contributed by atoms with Crippen molar-refractivity contribution in [3.8, 4) is 0 Å². The number of rotatable bonds is 2. The molecule has 5 nitrogen and oxygen atoms in total. The molecule has 4 N–H and O–H groups in total. The number of carboxylic acid groups (broad SMARTS) is 2. The van der Waals surface area contributed by atoms with E-state index in [9.17, 15) is 9.59 Å². The van der Waals surface area contributed by atoms with Gasteiger partial charge in [0.1, 0.15) is 5.54 Å². The molecule has 4 fully saturated rings. The van der Waals surface area contributed by atoms with Crippen molar-refractivity contribution in [1.82, 2.24) is 0 Å². The van der Waals surface area contributed by atoms with Crippen LogP contribution in [0, 0.1) is 23.2 Å². The van der Waals surface area contributed by atoms with Gasteiger partial charge in [0.25, 0.3) is 0 Å². The van der Waals surface area contributed by atoms with Crippen molar-refractivity contribution in [3.05, 3.63) is 0 Å². The molecule has 0 unspecified atom stereocenters. The van der Waals surface area contributed by atoms with Gasteiger partial charge in [-0.25, -0.2) is 0 Å². The predicted octanol–water partition coefficient (Wildman–Crippen LogP) is -0.491. The van der Waals surface area contributed by atoms with Crippen molar-refractivity contribution in [2.75, 3.05) is 0 Å². The molecule has 0 aliphatic heterocycles. The zero-order valence-electron chi connectivity index (χ0n) is 7.43. The van der Waals surface area contributed by atoms with E-state index in [-0.39, 0.29) is 17.8 Å². The molecular weight excluding hydrogens is 186 g/mol. The molecule has 0 amide bonds. The topological polar surface area (TPSA) is 101 Å². The van der Waals surface area contributed by atoms with Crippen LogP contribution < -0.4 is 5.73 Å². The second kappa shape index (κ2) is 1.82. The lowest BCUT2D eigenvalue weighted by atomic mass is 9.90. The zero-order chi connectivity index (χ0) is 10.3. The highest BCUT2D eigenvalue weighted by Crippen LogP contribution is 2.81. The standard InChI is InChI=1S/C9H11NO4/c10-9(7(13)14)3-1-4-5(9)8(4,2-3)6(11)12/h3-5H,1-2,10H2,(H,11,12)(H,13,14)/t3-,4-,5+,8+,9+/m1/s1. The maximum Gasteiger partial charge on any atom is 0.324 e. The van der Waals surface area contributed by atoms with Crippen LogP contribution in [0.3, 0.4) is 0 Å². The lowest BCUT2D eigenvalue weighted by Gasteiger charge is -2.22. The van der Waals surface area contributed by atoms with Crippen LogP contribution >= 0.6 is 0 Å². The van der Waals surface area contributed by atoms with E-state index in [0.29, 0.717) is 12.8 Å². The lowest BCUT2D eigenvalue weighted by molar-refractivity contribution is -0.145. The summed E-state index contributed by atoms with van der Waals surface area (Å²) < 4.78 is 0. The van der Waals surface area contributed by atoms with Gasteiger partial charge in [0.2, 0.25) is 0 Å². The van der Waals surface area contributed by atoms with E-state index < -0.39 is 22.9 Å². The van der Waals surface area contributed by atoms with E-state index >= 15 is 0 Å². The van der Waals surface area contributed by atoms with E-state index in [4.69, 9.17) is 15.9 Å². The average molecular weight is 197 g/mol. The summed E-state index contributed by atoms with van der Waals surface area (Å²) in [5, 5.41) is 18.1. The van der Waals surface area contributed by atoms with Gasteiger partial charge in [-0.3, -0.25) is 9.59 Å². The fraction of sp³-hybridized carbons (Fsp3) is 0.778. The monoisotopic (exact) mass is 197 g/mol. The molecule has 0 spiro atoms. The Morgan fingerprint density at radius 1 is 1.29 bits per heavy atom. The molecule has 0 radical (unpaired) electrons. The normalized spacial score (nSPS) is 57.4. The number of hydrogen-bond donors (Lipinski definition) is 3. The molecule has 0 aromatic heterocycles. The molecule has 4 aliphatic carbocycles. The summed E-state index contributed by atoms with van der Waals surface area (Å²) in [6.07, 6.45) is 1.14. The molecule has 76 valence electrons. The van der Waals surface area contributed by atoms with Crippen LogP contribution in [-0.2, 0) is 9.59 Å². The third-order valence-electron chi connectivity index (χ3n) is 4.59. The van der Waals surface area contributed by atoms with Crippen molar-refractivity contribution < 1.29 is 19.8 Å². The summed E-state index contributed by atoms with van der Waals surface area (Å²) in [6.45, 7) is 0. The lowest BCUT2D eigenvalue weighted by Crippen LogP contribution is -2.51. The van der Waals surface area contributed by atoms with Gasteiger partial charge in [-0.2, -0.15) is 0 Å². The largest absolute Gasteiger partial charge is 0.481 e. The first kappa shape index (κ1) is 8.23. The van der Waals surface area contributed by atoms with Gasteiger partial charge in [0, 0.05) is 5.92 Å². The Labute approximate surface area is 79.9 Å². The maximum absolute atomic E-state index is 11.1. The van der Waals surface area contributed by atoms with Gasteiger partial charge in [-0.1, -0.05) is 0 Å². The highest BCUT2D eigenvalue weighted by molar-refractivity contribution is 5.90. The van der Waals surface area contributed by atoms with Crippen molar-refractivity contribution in [1.29, 1.82) is 0 Å². The highest BCUT2D eigenvalue weighted by atomic mass is 16.4. The molecule has 4 rings (SSSR count). The molecule has 0 aromatic rings. The molecule has 0 saturated heterocycles. The van der Waals surface area contributed by atoms with Gasteiger partial charge in [0.15, 0.2) is 0 Å². The summed E-state index contributed by atoms with van der Waals surface area (Å²) in [5.74, 6) is -2.33. The fourth-order valence-electron chi connectivity index (χ4n) is 4.00. The van der Waals surface area contributed by atoms with Gasteiger partial charge >= 0.3 is 11.9 Å². The molecule has 5 heteroatoms. The number of hydrogen-bond acceptors (Lipinski definition) is 3. The molecule has 14 heavy (non-hydrogen) atoms. The predicted molar refractivity (Wildman–Crippen MR) is 44.3 cm³/mol. The highest BCUT2D eigenvalue weighted by Gasteiger charge is 2.88. The number of aliphatic carboxylic acids is 2. The summed E-state index contributed by atoms with van der Waals surface area (Å²) >= 11 is 0. The summed E-state index contributed by atoms with van der Waals surface area (Å²) in [6, 6.07) is 0. The number of carbonyl (C=O) groups is 2. The van der Waals surface area contributed by atoms with E-state index in [1.54, 1.807) is 0 Å². The van der Waals surface area contributed by atoms with Gasteiger partial charge in [-0.15, -0.1) is 0 Å². The molecular formula is C9H11NO4. The average Bonchev–Trinajstić information content (AvgIpc) is 2.45. The van der Waals surface area contributed by atoms with Gasteiger partial charge < -0.3 is 15.9 Å². The first-order valence-corrected chi connectivity index (χ1v) is 4.71. The Morgan fingerprint density at radius 3 is 2.21 bits per heavy atom. The smallest absolute Gasteiger partial charge is 0.324 e. The number of carboxylic acids is 2. The van der Waals surface area contributed by atoms with Crippen LogP contribution in [0.15, 0.2) is 0 Å². The second-order valence-corrected chi connectivity index (χ2v) is 4.80. The SMILES string of the molecule is N[C@@]1(C(=O)O)[C@@H]2C[C@@H]3[C@H]1[C@]3(C(=O)O)C2. The molecule has 4 aliphatic rings. The second-order valence-electron chi connectivity index (χ2n) is 4.80. The molecule has 0 heterocycles. The van der Waals surface area contributed by atoms with Crippen molar-refractivity contribution >= 4 is 11.9 Å². The van der Waals surface area contributed by atoms with Crippen molar-refractivity contribution in [2.24, 2.45) is 28.9 Å². The summed E-state index contributed by atoms with van der Waals surface area (Å²) in [5.41, 5.74) is 3.79. The molecule has 4 saturated carbocycles. The Kier molecular flexibility index (Phi) is 1.07. The van der Waals surface area contributed by atoms with E-state index in [2.05, 4.69) is 0 Å². The quantitative estimate of drug-likeness (QED) is 0.554. The third-order valence-corrected chi connectivity index (χ3v) is 4.59. The molecule has 0 aromatic carbocycles. The molecule has 4 bridgehead atoms. The van der Waals surface area contributed by atoms with Gasteiger partial charge in [-0.05, 0) is 24.7 Å². The van der Waals surface area contributed by atoms with Crippen LogP contribution in [0.25, 0.3) is 0 Å². The van der Waals surface area contributed by atoms with E-state index in [1.165, 1.54) is 0 Å². The summed E-state index contributed by atoms with van der Waals surface area (Å²) in [7, 11) is 0. The van der Waals surface area contributed by atoms with Crippen LogP contribution in [0.4, 0.5) is 0 Å². The van der Waals surface area contributed by atoms with Crippen molar-refractivity contribution in [3.63, 3.8) is 0 Å². The summed E-state index contributed by atoms with van der Waals surface area (Å²) in [4.78, 5) is 22.1. The minimum Gasteiger partial charge on any atom is -0.481 e. The van der Waals surface area contributed by atoms with Crippen LogP contribution in [0.2, 0.25) is 0 Å². The van der Waals surface area contributed by atoms with Crippen LogP contribution in [-0.4, -0.2) is 27.7 Å². The third kappa shape index (κ3) is 0.507. The zero-order valence-corrected chi connectivity index (χ0v) is 7.43. The van der Waals surface area contributed by atoms with E-state index in [0.717, 1.165) is 0 Å². The Bertz CT molecular complexity index is 368. The van der Waals surface area contributed by atoms with Gasteiger partial charge in [0.05, 0.1) is 5.41 Å². The minimum absolute atomic E-state index is 0.0195. The first-order valence-electron chi connectivity index (χ1n) is 4.71. The first-order chi connectivity index (χ1) is 6.45. The maximum atomic E-state index is 11.1. The Morgan fingerprint density at radius 2 is 1.93 bits per heavy atom. The molecule has 5 atom stereocenters. The van der Waals surface area contributed by atoms with E-state index in [1.807, 2.05) is 0 Å². The Balaban J connectivity index is 2.06. The minimum atomic E-state index is -1.26. The Hall–Kier alpha value is -1.10. The van der Waals surface area contributed by atoms with Crippen LogP contribution in [0.5, 0.6) is 0 Å².